The Morgan fingerprint density at radius 3 is 2.44 bits per heavy atom. The van der Waals surface area contributed by atoms with Crippen molar-refractivity contribution < 1.29 is 23.8 Å². The van der Waals surface area contributed by atoms with Crippen LogP contribution in [-0.4, -0.2) is 30.5 Å². The van der Waals surface area contributed by atoms with Gasteiger partial charge in [-0.25, -0.2) is 9.78 Å². The SMILES string of the molecule is CCCOC(=O)c1cc(C(=O)CC)c(COCc2ccccc2)c(OC)n1. The summed E-state index contributed by atoms with van der Waals surface area (Å²) in [5.74, 6) is -0.485. The molecule has 2 rings (SSSR count). The number of benzene rings is 1. The van der Waals surface area contributed by atoms with E-state index in [1.807, 2.05) is 37.3 Å². The maximum Gasteiger partial charge on any atom is 0.357 e. The number of ketones is 1. The fraction of sp³-hybridized carbons (Fsp3) is 0.381. The van der Waals surface area contributed by atoms with E-state index in [4.69, 9.17) is 14.2 Å². The lowest BCUT2D eigenvalue weighted by Gasteiger charge is -2.14. The first-order chi connectivity index (χ1) is 13.1. The van der Waals surface area contributed by atoms with Crippen LogP contribution in [0.2, 0.25) is 0 Å². The Kier molecular flexibility index (Phi) is 7.95. The van der Waals surface area contributed by atoms with Crippen LogP contribution in [0.5, 0.6) is 5.88 Å². The van der Waals surface area contributed by atoms with Crippen molar-refractivity contribution in [2.24, 2.45) is 0 Å². The molecule has 0 bridgehead atoms. The molecule has 0 aliphatic carbocycles. The smallest absolute Gasteiger partial charge is 0.357 e. The van der Waals surface area contributed by atoms with E-state index in [9.17, 15) is 9.59 Å². The summed E-state index contributed by atoms with van der Waals surface area (Å²) in [7, 11) is 1.45. The van der Waals surface area contributed by atoms with E-state index in [2.05, 4.69) is 4.98 Å². The zero-order valence-corrected chi connectivity index (χ0v) is 16.0. The maximum atomic E-state index is 12.4. The number of nitrogens with zero attached hydrogens (tertiary/aromatic N) is 1. The van der Waals surface area contributed by atoms with E-state index in [0.717, 1.165) is 5.56 Å². The van der Waals surface area contributed by atoms with Crippen LogP contribution in [0.4, 0.5) is 0 Å². The molecule has 0 amide bonds. The van der Waals surface area contributed by atoms with Gasteiger partial charge in [0.1, 0.15) is 0 Å². The van der Waals surface area contributed by atoms with Gasteiger partial charge in [-0.3, -0.25) is 4.79 Å². The van der Waals surface area contributed by atoms with Crippen molar-refractivity contribution in [2.75, 3.05) is 13.7 Å². The highest BCUT2D eigenvalue weighted by atomic mass is 16.5. The fourth-order valence-electron chi connectivity index (χ4n) is 2.51. The highest BCUT2D eigenvalue weighted by Gasteiger charge is 2.21. The van der Waals surface area contributed by atoms with Gasteiger partial charge in [0.05, 0.1) is 32.5 Å². The average molecular weight is 371 g/mol. The van der Waals surface area contributed by atoms with Crippen LogP contribution in [-0.2, 0) is 22.7 Å². The Hall–Kier alpha value is -2.73. The molecule has 0 aliphatic heterocycles. The van der Waals surface area contributed by atoms with E-state index in [-0.39, 0.29) is 24.0 Å². The number of carbonyl (C=O) groups is 2. The molecule has 27 heavy (non-hydrogen) atoms. The van der Waals surface area contributed by atoms with Gasteiger partial charge in [-0.2, -0.15) is 0 Å². The molecule has 0 atom stereocenters. The van der Waals surface area contributed by atoms with Gasteiger partial charge in [-0.1, -0.05) is 44.2 Å². The standard InChI is InChI=1S/C21H25NO5/c1-4-11-27-21(24)18-12-16(19(23)5-2)17(20(22-18)25-3)14-26-13-15-9-7-6-8-10-15/h6-10,12H,4-5,11,13-14H2,1-3H3. The Morgan fingerprint density at radius 2 is 1.81 bits per heavy atom. The molecule has 2 aromatic rings. The number of hydrogen-bond acceptors (Lipinski definition) is 6. The molecular weight excluding hydrogens is 346 g/mol. The van der Waals surface area contributed by atoms with Crippen molar-refractivity contribution in [1.82, 2.24) is 4.98 Å². The van der Waals surface area contributed by atoms with E-state index in [1.54, 1.807) is 6.92 Å². The van der Waals surface area contributed by atoms with Gasteiger partial charge >= 0.3 is 5.97 Å². The molecular formula is C21H25NO5. The minimum atomic E-state index is -0.572. The summed E-state index contributed by atoms with van der Waals surface area (Å²) in [4.78, 5) is 28.8. The van der Waals surface area contributed by atoms with Crippen molar-refractivity contribution in [3.05, 3.63) is 58.8 Å². The highest BCUT2D eigenvalue weighted by Crippen LogP contribution is 2.25. The molecule has 6 nitrogen and oxygen atoms in total. The number of ether oxygens (including phenoxy) is 3. The minimum Gasteiger partial charge on any atom is -0.481 e. The molecule has 0 N–H and O–H groups in total. The monoisotopic (exact) mass is 371 g/mol. The van der Waals surface area contributed by atoms with E-state index < -0.39 is 5.97 Å². The fourth-order valence-corrected chi connectivity index (χ4v) is 2.51. The molecule has 0 spiro atoms. The molecule has 144 valence electrons. The second kappa shape index (κ2) is 10.4. The Morgan fingerprint density at radius 1 is 1.07 bits per heavy atom. The topological polar surface area (TPSA) is 74.7 Å². The number of hydrogen-bond donors (Lipinski definition) is 0. The molecule has 0 aliphatic rings. The lowest BCUT2D eigenvalue weighted by Crippen LogP contribution is -2.14. The molecule has 1 heterocycles. The van der Waals surface area contributed by atoms with E-state index >= 15 is 0 Å². The van der Waals surface area contributed by atoms with Gasteiger partial charge in [0.25, 0.3) is 0 Å². The first kappa shape index (κ1) is 20.6. The van der Waals surface area contributed by atoms with Gasteiger partial charge in [0.15, 0.2) is 11.5 Å². The number of aromatic nitrogens is 1. The van der Waals surface area contributed by atoms with Crippen LogP contribution < -0.4 is 4.74 Å². The summed E-state index contributed by atoms with van der Waals surface area (Å²) in [5.41, 5.74) is 1.99. The second-order valence-electron chi connectivity index (χ2n) is 5.93. The number of carbonyl (C=O) groups excluding carboxylic acids is 2. The van der Waals surface area contributed by atoms with Crippen molar-refractivity contribution in [3.63, 3.8) is 0 Å². The molecule has 1 aromatic heterocycles. The second-order valence-corrected chi connectivity index (χ2v) is 5.93. The van der Waals surface area contributed by atoms with Crippen LogP contribution in [0.3, 0.4) is 0 Å². The predicted octanol–water partition coefficient (Wildman–Crippen LogP) is 3.97. The first-order valence-electron chi connectivity index (χ1n) is 9.00. The third kappa shape index (κ3) is 5.62. The normalized spacial score (nSPS) is 10.5. The molecule has 0 fully saturated rings. The molecule has 0 saturated heterocycles. The average Bonchev–Trinajstić information content (AvgIpc) is 2.71. The predicted molar refractivity (Wildman–Crippen MR) is 101 cm³/mol. The number of esters is 1. The number of methoxy groups -OCH3 is 1. The van der Waals surface area contributed by atoms with Crippen LogP contribution in [0.25, 0.3) is 0 Å². The van der Waals surface area contributed by atoms with Crippen LogP contribution in [0, 0.1) is 0 Å². The molecule has 0 radical (unpaired) electrons. The molecule has 0 saturated carbocycles. The summed E-state index contributed by atoms with van der Waals surface area (Å²) in [5, 5.41) is 0. The number of Topliss-reactive ketones (excluding diaryl/α,β-unsaturated/α-hetero) is 1. The van der Waals surface area contributed by atoms with Gasteiger partial charge < -0.3 is 14.2 Å². The Bertz CT molecular complexity index is 774. The lowest BCUT2D eigenvalue weighted by molar-refractivity contribution is 0.0496. The molecule has 6 heteroatoms. The first-order valence-corrected chi connectivity index (χ1v) is 9.00. The number of rotatable bonds is 10. The Labute approximate surface area is 159 Å². The van der Waals surface area contributed by atoms with Crippen LogP contribution in [0.1, 0.15) is 58.7 Å². The minimum absolute atomic E-state index is 0.0592. The third-order valence-corrected chi connectivity index (χ3v) is 3.91. The highest BCUT2D eigenvalue weighted by molar-refractivity contribution is 6.00. The quantitative estimate of drug-likeness (QED) is 0.465. The van der Waals surface area contributed by atoms with Gasteiger partial charge in [0.2, 0.25) is 5.88 Å². The largest absolute Gasteiger partial charge is 0.481 e. The summed E-state index contributed by atoms with van der Waals surface area (Å²) >= 11 is 0. The zero-order chi connectivity index (χ0) is 19.6. The van der Waals surface area contributed by atoms with E-state index in [1.165, 1.54) is 13.2 Å². The van der Waals surface area contributed by atoms with Crippen molar-refractivity contribution >= 4 is 11.8 Å². The van der Waals surface area contributed by atoms with Crippen molar-refractivity contribution in [2.45, 2.75) is 39.9 Å². The summed E-state index contributed by atoms with van der Waals surface area (Å²) in [6, 6.07) is 11.2. The zero-order valence-electron chi connectivity index (χ0n) is 16.0. The van der Waals surface area contributed by atoms with Crippen LogP contribution in [0.15, 0.2) is 36.4 Å². The van der Waals surface area contributed by atoms with Crippen molar-refractivity contribution in [1.29, 1.82) is 0 Å². The van der Waals surface area contributed by atoms with Gasteiger partial charge in [0, 0.05) is 12.0 Å². The van der Waals surface area contributed by atoms with Crippen molar-refractivity contribution in [3.8, 4) is 5.88 Å². The summed E-state index contributed by atoms with van der Waals surface area (Å²) in [6.45, 7) is 4.50. The van der Waals surface area contributed by atoms with Crippen LogP contribution >= 0.6 is 0 Å². The lowest BCUT2D eigenvalue weighted by atomic mass is 10.0. The Balaban J connectivity index is 2.27. The summed E-state index contributed by atoms with van der Waals surface area (Å²) in [6.07, 6.45) is 0.997. The number of pyridine rings is 1. The molecule has 1 aromatic carbocycles. The van der Waals surface area contributed by atoms with Gasteiger partial charge in [-0.15, -0.1) is 0 Å². The maximum absolute atomic E-state index is 12.4. The van der Waals surface area contributed by atoms with Gasteiger partial charge in [-0.05, 0) is 18.1 Å². The third-order valence-electron chi connectivity index (χ3n) is 3.91. The molecule has 0 unspecified atom stereocenters. The summed E-state index contributed by atoms with van der Waals surface area (Å²) < 4.78 is 16.2. The van der Waals surface area contributed by atoms with E-state index in [0.29, 0.717) is 37.2 Å².